The van der Waals surface area contributed by atoms with Crippen molar-refractivity contribution in [3.8, 4) is 0 Å². The first-order chi connectivity index (χ1) is 5.00. The zero-order chi connectivity index (χ0) is 9.02. The smallest absolute Gasteiger partial charge is 0.118 e. The van der Waals surface area contributed by atoms with Gasteiger partial charge in [0.25, 0.3) is 0 Å². The van der Waals surface area contributed by atoms with Gasteiger partial charge < -0.3 is 27.1 Å². The molecule has 0 heterocycles. The Balaban J connectivity index is 4.00. The minimum absolute atomic E-state index is 0.0126. The van der Waals surface area contributed by atoms with Crippen molar-refractivity contribution in [3.05, 3.63) is 0 Å². The Hall–Kier alpha value is -0.490. The third-order valence-electron chi connectivity index (χ3n) is 1.48. The van der Waals surface area contributed by atoms with E-state index in [9.17, 15) is 0 Å². The number of aliphatic hydroxyl groups excluding tert-OH is 2. The van der Waals surface area contributed by atoms with E-state index in [2.05, 4.69) is 0 Å². The normalized spacial score (nSPS) is 19.0. The van der Waals surface area contributed by atoms with E-state index >= 15 is 0 Å². The van der Waals surface area contributed by atoms with Gasteiger partial charge in [0.2, 0.25) is 0 Å². The first-order valence-electron chi connectivity index (χ1n) is 3.37. The maximum atomic E-state index is 9.16. The maximum absolute atomic E-state index is 9.16. The first kappa shape index (κ1) is 10.5. The molecule has 0 aliphatic carbocycles. The monoisotopic (exact) mass is 161 g/mol. The van der Waals surface area contributed by atoms with Crippen LogP contribution in [0.1, 0.15) is 6.92 Å². The van der Waals surface area contributed by atoms with Crippen LogP contribution < -0.4 is 11.5 Å². The second-order valence-corrected chi connectivity index (χ2v) is 2.52. The van der Waals surface area contributed by atoms with E-state index in [0.29, 0.717) is 0 Å². The molecule has 3 atom stereocenters. The summed E-state index contributed by atoms with van der Waals surface area (Å²) in [6, 6.07) is -0.676. The molecule has 0 fully saturated rings. The number of hydrogen-bond donors (Lipinski definition) is 5. The standard InChI is InChI=1S/C6H15N3O2/c1-3(8)5(10)6(11)4(9)2-7/h4-6,8,10-11H,2,7,9H2,1H3. The summed E-state index contributed by atoms with van der Waals surface area (Å²) in [5.41, 5.74) is 10.5. The second kappa shape index (κ2) is 4.40. The fraction of sp³-hybridized carbons (Fsp3) is 0.833. The molecule has 3 unspecified atom stereocenters. The molecule has 7 N–H and O–H groups in total. The molecule has 0 spiro atoms. The quantitative estimate of drug-likeness (QED) is 0.307. The van der Waals surface area contributed by atoms with Gasteiger partial charge in [-0.2, -0.15) is 0 Å². The molecule has 0 saturated carbocycles. The number of aliphatic hydroxyl groups is 2. The van der Waals surface area contributed by atoms with E-state index in [-0.39, 0.29) is 12.3 Å². The highest BCUT2D eigenvalue weighted by molar-refractivity contribution is 5.83. The van der Waals surface area contributed by atoms with Crippen LogP contribution in [0.15, 0.2) is 0 Å². The summed E-state index contributed by atoms with van der Waals surface area (Å²) in [7, 11) is 0. The average Bonchev–Trinajstić information content (AvgIpc) is 2.00. The molecular formula is C6H15N3O2. The van der Waals surface area contributed by atoms with Crippen molar-refractivity contribution in [2.45, 2.75) is 25.2 Å². The molecule has 66 valence electrons. The molecule has 0 rings (SSSR count). The summed E-state index contributed by atoms with van der Waals surface area (Å²) in [5, 5.41) is 25.2. The third kappa shape index (κ3) is 2.94. The fourth-order valence-corrected chi connectivity index (χ4v) is 0.630. The van der Waals surface area contributed by atoms with E-state index in [0.717, 1.165) is 0 Å². The Morgan fingerprint density at radius 1 is 1.55 bits per heavy atom. The second-order valence-electron chi connectivity index (χ2n) is 2.52. The Morgan fingerprint density at radius 2 is 2.00 bits per heavy atom. The highest BCUT2D eigenvalue weighted by Gasteiger charge is 2.23. The number of hydrogen-bond acceptors (Lipinski definition) is 5. The van der Waals surface area contributed by atoms with Crippen molar-refractivity contribution in [1.29, 1.82) is 5.41 Å². The Morgan fingerprint density at radius 3 is 2.27 bits per heavy atom. The molecule has 0 aromatic rings. The van der Waals surface area contributed by atoms with Gasteiger partial charge in [-0.1, -0.05) is 0 Å². The molecule has 0 aliphatic rings. The van der Waals surface area contributed by atoms with Crippen LogP contribution in [0.4, 0.5) is 0 Å². The topological polar surface area (TPSA) is 116 Å². The third-order valence-corrected chi connectivity index (χ3v) is 1.48. The van der Waals surface area contributed by atoms with Crippen LogP contribution in [0.5, 0.6) is 0 Å². The van der Waals surface area contributed by atoms with Gasteiger partial charge in [-0.25, -0.2) is 0 Å². The minimum Gasteiger partial charge on any atom is -0.388 e. The van der Waals surface area contributed by atoms with Crippen LogP contribution in [-0.4, -0.2) is 40.7 Å². The van der Waals surface area contributed by atoms with Crippen molar-refractivity contribution < 1.29 is 10.2 Å². The number of nitrogens with one attached hydrogen (secondary N) is 1. The summed E-state index contributed by atoms with van der Waals surface area (Å²) in [5.74, 6) is 0. The van der Waals surface area contributed by atoms with E-state index in [1.165, 1.54) is 6.92 Å². The molecular weight excluding hydrogens is 146 g/mol. The van der Waals surface area contributed by atoms with Gasteiger partial charge in [0.15, 0.2) is 0 Å². The molecule has 5 nitrogen and oxygen atoms in total. The highest BCUT2D eigenvalue weighted by Crippen LogP contribution is 1.98. The predicted octanol–water partition coefficient (Wildman–Crippen LogP) is -1.97. The summed E-state index contributed by atoms with van der Waals surface area (Å²) in [6.45, 7) is 1.49. The zero-order valence-electron chi connectivity index (χ0n) is 6.49. The summed E-state index contributed by atoms with van der Waals surface area (Å²) < 4.78 is 0. The van der Waals surface area contributed by atoms with Crippen molar-refractivity contribution in [1.82, 2.24) is 0 Å². The average molecular weight is 161 g/mol. The number of nitrogens with two attached hydrogens (primary N) is 2. The van der Waals surface area contributed by atoms with Crippen LogP contribution in [0.3, 0.4) is 0 Å². The van der Waals surface area contributed by atoms with Crippen LogP contribution in [-0.2, 0) is 0 Å². The van der Waals surface area contributed by atoms with E-state index < -0.39 is 18.2 Å². The summed E-state index contributed by atoms with van der Waals surface area (Å²) in [6.07, 6.45) is -2.34. The highest BCUT2D eigenvalue weighted by atomic mass is 16.3. The van der Waals surface area contributed by atoms with E-state index in [1.54, 1.807) is 0 Å². The molecule has 11 heavy (non-hydrogen) atoms. The van der Waals surface area contributed by atoms with Gasteiger partial charge in [0.05, 0.1) is 0 Å². The Labute approximate surface area is 65.5 Å². The van der Waals surface area contributed by atoms with Crippen molar-refractivity contribution >= 4 is 5.71 Å². The van der Waals surface area contributed by atoms with Crippen LogP contribution in [0.2, 0.25) is 0 Å². The zero-order valence-corrected chi connectivity index (χ0v) is 6.49. The maximum Gasteiger partial charge on any atom is 0.118 e. The van der Waals surface area contributed by atoms with Gasteiger partial charge >= 0.3 is 0 Å². The van der Waals surface area contributed by atoms with Crippen LogP contribution >= 0.6 is 0 Å². The molecule has 0 bridgehead atoms. The van der Waals surface area contributed by atoms with Crippen LogP contribution in [0.25, 0.3) is 0 Å². The molecule has 0 aromatic heterocycles. The lowest BCUT2D eigenvalue weighted by Crippen LogP contribution is -2.49. The molecule has 0 radical (unpaired) electrons. The van der Waals surface area contributed by atoms with Gasteiger partial charge in [0.1, 0.15) is 12.2 Å². The Kier molecular flexibility index (Phi) is 4.20. The van der Waals surface area contributed by atoms with Gasteiger partial charge in [-0.15, -0.1) is 0 Å². The lowest BCUT2D eigenvalue weighted by atomic mass is 10.0. The van der Waals surface area contributed by atoms with Gasteiger partial charge in [-0.3, -0.25) is 0 Å². The molecule has 0 saturated heterocycles. The van der Waals surface area contributed by atoms with E-state index in [1.807, 2.05) is 0 Å². The predicted molar refractivity (Wildman–Crippen MR) is 42.4 cm³/mol. The minimum atomic E-state index is -1.20. The molecule has 0 amide bonds. The lowest BCUT2D eigenvalue weighted by Gasteiger charge is -2.21. The fourth-order valence-electron chi connectivity index (χ4n) is 0.630. The first-order valence-corrected chi connectivity index (χ1v) is 3.37. The van der Waals surface area contributed by atoms with Crippen LogP contribution in [0, 0.1) is 5.41 Å². The Bertz CT molecular complexity index is 140. The lowest BCUT2D eigenvalue weighted by molar-refractivity contribution is 0.0431. The van der Waals surface area contributed by atoms with Gasteiger partial charge in [0, 0.05) is 18.3 Å². The molecule has 0 aliphatic heterocycles. The molecule has 0 aromatic carbocycles. The largest absolute Gasteiger partial charge is 0.388 e. The SMILES string of the molecule is CC(=N)C(O)C(O)C(N)CN. The number of rotatable bonds is 4. The van der Waals surface area contributed by atoms with Crippen molar-refractivity contribution in [2.24, 2.45) is 11.5 Å². The van der Waals surface area contributed by atoms with Gasteiger partial charge in [-0.05, 0) is 6.92 Å². The summed E-state index contributed by atoms with van der Waals surface area (Å²) >= 11 is 0. The summed E-state index contributed by atoms with van der Waals surface area (Å²) in [4.78, 5) is 0. The van der Waals surface area contributed by atoms with Crippen molar-refractivity contribution in [3.63, 3.8) is 0 Å². The van der Waals surface area contributed by atoms with E-state index in [4.69, 9.17) is 27.1 Å². The molecule has 5 heteroatoms. The van der Waals surface area contributed by atoms with Crippen molar-refractivity contribution in [2.75, 3.05) is 6.54 Å².